The molecule has 0 radical (unpaired) electrons. The minimum atomic E-state index is -1.55. The van der Waals surface area contributed by atoms with E-state index in [4.69, 9.17) is 22.8 Å². The van der Waals surface area contributed by atoms with E-state index in [-0.39, 0.29) is 35.4 Å². The van der Waals surface area contributed by atoms with Gasteiger partial charge in [-0.1, -0.05) is 124 Å². The lowest BCUT2D eigenvalue weighted by atomic mass is 9.94. The highest BCUT2D eigenvalue weighted by molar-refractivity contribution is 7.00. The SMILES string of the molecule is C=CC(=O)OCCO[Si]1(C)C[SiH](C)C[SiH](C)C[SiH](C)C1.C[SiH]1C[SiH](C)C[Si](C)(OCC2CC3C=CC2C3)C[SiH](C)C1.C[SiH]1C[SiH](C)C[Si](C)(OCCOC(=O)C2CC3C=CC2C3)C[SiH](C)C1. The summed E-state index contributed by atoms with van der Waals surface area (Å²) < 4.78 is 30.2. The van der Waals surface area contributed by atoms with Gasteiger partial charge in [-0.3, -0.25) is 4.79 Å². The summed E-state index contributed by atoms with van der Waals surface area (Å²) in [6, 6.07) is 0. The lowest BCUT2D eigenvalue weighted by molar-refractivity contribution is -0.150. The van der Waals surface area contributed by atoms with E-state index in [0.29, 0.717) is 38.3 Å². The van der Waals surface area contributed by atoms with Crippen LogP contribution in [-0.4, -0.2) is 149 Å². The second-order valence-corrected chi connectivity index (χ2v) is 76.0. The number of allylic oxidation sites excluding steroid dienone is 4. The molecule has 0 N–H and O–H groups in total. The van der Waals surface area contributed by atoms with Gasteiger partial charge < -0.3 is 22.8 Å². The molecule has 5 fully saturated rings. The molecule has 19 heteroatoms. The highest BCUT2D eigenvalue weighted by atomic mass is 28.4. The molecule has 3 saturated heterocycles. The molecular weight excluding hydrogens is 1010 g/mol. The zero-order valence-electron chi connectivity index (χ0n) is 44.5. The van der Waals surface area contributed by atoms with Crippen molar-refractivity contribution in [3.63, 3.8) is 0 Å². The molecule has 0 amide bonds. The van der Waals surface area contributed by atoms with Gasteiger partial charge in [-0.15, -0.1) is 0 Å². The molecule has 0 spiro atoms. The van der Waals surface area contributed by atoms with Crippen LogP contribution in [0.1, 0.15) is 25.7 Å². The molecule has 12 atom stereocenters. The van der Waals surface area contributed by atoms with Gasteiger partial charge >= 0.3 is 11.9 Å². The van der Waals surface area contributed by atoms with Crippen molar-refractivity contribution < 1.29 is 32.3 Å². The van der Waals surface area contributed by atoms with Crippen LogP contribution in [0.5, 0.6) is 0 Å². The van der Waals surface area contributed by atoms with E-state index in [2.05, 4.69) is 109 Å². The lowest BCUT2D eigenvalue weighted by Crippen LogP contribution is -2.47. The zero-order chi connectivity index (χ0) is 48.2. The third kappa shape index (κ3) is 19.2. The van der Waals surface area contributed by atoms with Gasteiger partial charge in [0, 0.05) is 91.9 Å². The van der Waals surface area contributed by atoms with E-state index in [9.17, 15) is 9.59 Å². The second kappa shape index (κ2) is 27.1. The Morgan fingerprint density at radius 3 is 1.23 bits per heavy atom. The Labute approximate surface area is 423 Å². The fourth-order valence-electron chi connectivity index (χ4n) is 15.4. The molecule has 3 aliphatic heterocycles. The first-order chi connectivity index (χ1) is 31.1. The van der Waals surface area contributed by atoms with Crippen molar-refractivity contribution >= 4 is 116 Å². The van der Waals surface area contributed by atoms with E-state index in [0.717, 1.165) is 37.2 Å². The standard InChI is InChI=1S/C18H36O3Si4.C16H34OSi4.C13H30O3Si4/c1-22-11-23(2)13-25(4,14-24(3)12-22)21-8-7-20-18(19)17-10-15-5-6-16(17)9-15;1-18-10-19(2)12-21(4,13-20(3)11-18)17-9-16-8-14-5-6-15(16)7-14;1-6-13(14)15-7-8-16-20(5)11-18(3)9-17(2)10-19(4)12-20/h5-6,15-17,22-24H,7-14H2,1-4H3;5-6,14-16,18-20H,7-13H2,1-4H3;6,17-19H,1,7-12H2,2-5H3. The van der Waals surface area contributed by atoms with Crippen LogP contribution in [0.4, 0.5) is 0 Å². The van der Waals surface area contributed by atoms with E-state index >= 15 is 0 Å². The maximum atomic E-state index is 12.3. The summed E-state index contributed by atoms with van der Waals surface area (Å²) in [6.07, 6.45) is 15.7. The van der Waals surface area contributed by atoms with Gasteiger partial charge in [0.2, 0.25) is 0 Å². The Kier molecular flexibility index (Phi) is 23.6. The average Bonchev–Trinajstić information content (AvgIpc) is 4.03. The summed E-state index contributed by atoms with van der Waals surface area (Å²) in [5, 5.41) is 0. The molecule has 0 aromatic carbocycles. The van der Waals surface area contributed by atoms with Gasteiger partial charge in [-0.05, 0) is 109 Å². The first-order valence-corrected chi connectivity index (χ1v) is 60.9. The Morgan fingerprint density at radius 1 is 0.500 bits per heavy atom. The Bertz CT molecular complexity index is 1570. The number of hydrogen-bond acceptors (Lipinski definition) is 7. The molecule has 7 nitrogen and oxygen atoms in total. The average molecular weight is 1110 g/mol. The minimum absolute atomic E-state index is 0.0234. The van der Waals surface area contributed by atoms with Gasteiger partial charge in [0.15, 0.2) is 25.0 Å². The topological polar surface area (TPSA) is 80.3 Å². The Hall–Kier alpha value is 0.643. The predicted octanol–water partition coefficient (Wildman–Crippen LogP) is 8.66. The summed E-state index contributed by atoms with van der Waals surface area (Å²) in [7, 11) is -8.68. The molecule has 2 saturated carbocycles. The third-order valence-corrected chi connectivity index (χ3v) is 95.6. The van der Waals surface area contributed by atoms with Crippen molar-refractivity contribution in [3.05, 3.63) is 37.0 Å². The molecule has 12 unspecified atom stereocenters. The molecule has 4 aliphatic carbocycles. The largest absolute Gasteiger partial charge is 0.463 e. The number of hydrogen-bond donors (Lipinski definition) is 0. The number of esters is 2. The molecule has 7 aliphatic rings. The van der Waals surface area contributed by atoms with Crippen LogP contribution < -0.4 is 0 Å². The summed E-state index contributed by atoms with van der Waals surface area (Å²) >= 11 is 0. The number of fused-ring (bicyclic) bond motifs is 4. The highest BCUT2D eigenvalue weighted by Gasteiger charge is 2.43. The lowest BCUT2D eigenvalue weighted by Gasteiger charge is -2.37. The number of carbonyl (C=O) groups is 2. The van der Waals surface area contributed by atoms with E-state index in [1.54, 1.807) is 45.3 Å². The molecule has 4 bridgehead atoms. The summed E-state index contributed by atoms with van der Waals surface area (Å²) in [5.41, 5.74) is 18.9. The van der Waals surface area contributed by atoms with Gasteiger partial charge in [0.05, 0.1) is 19.1 Å². The van der Waals surface area contributed by atoms with E-state index in [1.165, 1.54) is 41.6 Å². The van der Waals surface area contributed by atoms with Crippen LogP contribution in [-0.2, 0) is 32.3 Å². The van der Waals surface area contributed by atoms with Crippen molar-refractivity contribution in [2.75, 3.05) is 33.0 Å². The molecule has 7 rings (SSSR count). The van der Waals surface area contributed by atoms with Gasteiger partial charge in [-0.25, -0.2) is 4.79 Å². The van der Waals surface area contributed by atoms with Crippen molar-refractivity contribution in [1.29, 1.82) is 0 Å². The van der Waals surface area contributed by atoms with Crippen molar-refractivity contribution in [2.24, 2.45) is 35.5 Å². The first kappa shape index (κ1) is 57.5. The van der Waals surface area contributed by atoms with E-state index in [1.807, 2.05) is 0 Å². The normalized spacial score (nSPS) is 43.1. The first-order valence-electron chi connectivity index (χ1n) is 27.4. The Balaban J connectivity index is 0.000000187. The highest BCUT2D eigenvalue weighted by Crippen LogP contribution is 2.45. The fourth-order valence-corrected chi connectivity index (χ4v) is 115. The minimum Gasteiger partial charge on any atom is -0.463 e. The molecule has 378 valence electrons. The molecule has 0 aromatic heterocycles. The van der Waals surface area contributed by atoms with Gasteiger partial charge in [-0.2, -0.15) is 0 Å². The van der Waals surface area contributed by atoms with Crippen LogP contribution in [0, 0.1) is 35.5 Å². The number of ether oxygens (including phenoxy) is 2. The number of carbonyl (C=O) groups excluding carboxylic acids is 2. The molecule has 0 aromatic rings. The zero-order valence-corrected chi connectivity index (χ0v) is 57.9. The molecule has 66 heavy (non-hydrogen) atoms. The van der Waals surface area contributed by atoms with Gasteiger partial charge in [0.1, 0.15) is 13.2 Å². The maximum absolute atomic E-state index is 12.3. The maximum Gasteiger partial charge on any atom is 0.330 e. The smallest absolute Gasteiger partial charge is 0.330 e. The van der Waals surface area contributed by atoms with E-state index < -0.39 is 86.5 Å². The van der Waals surface area contributed by atoms with Gasteiger partial charge in [0.25, 0.3) is 0 Å². The fraction of sp³-hybridized carbons (Fsp3) is 0.830. The summed E-state index contributed by atoms with van der Waals surface area (Å²) in [6.45, 7) is 37.4. The van der Waals surface area contributed by atoms with Crippen LogP contribution in [0.15, 0.2) is 37.0 Å². The quantitative estimate of drug-likeness (QED) is 0.0601. The van der Waals surface area contributed by atoms with Crippen LogP contribution >= 0.6 is 0 Å². The summed E-state index contributed by atoms with van der Waals surface area (Å²) in [4.78, 5) is 23.3. The van der Waals surface area contributed by atoms with Crippen LogP contribution in [0.2, 0.25) is 147 Å². The monoisotopic (exact) mass is 1110 g/mol. The number of rotatable bonds is 13. The Morgan fingerprint density at radius 2 is 0.879 bits per heavy atom. The van der Waals surface area contributed by atoms with Crippen LogP contribution in [0.3, 0.4) is 0 Å². The predicted molar refractivity (Wildman–Crippen MR) is 317 cm³/mol. The third-order valence-electron chi connectivity index (χ3n) is 16.9. The molecular formula is C47H100O7Si12. The second-order valence-electron chi connectivity index (χ2n) is 25.4. The van der Waals surface area contributed by atoms with Crippen molar-refractivity contribution in [3.8, 4) is 0 Å². The van der Waals surface area contributed by atoms with Crippen molar-refractivity contribution in [1.82, 2.24) is 0 Å². The molecule has 3 heterocycles. The summed E-state index contributed by atoms with van der Waals surface area (Å²) in [5.74, 6) is 3.53. The van der Waals surface area contributed by atoms with Crippen LogP contribution in [0.25, 0.3) is 0 Å². The van der Waals surface area contributed by atoms with Crippen molar-refractivity contribution in [2.45, 2.75) is 172 Å².